The summed E-state index contributed by atoms with van der Waals surface area (Å²) in [6.45, 7) is 2.07. The first kappa shape index (κ1) is 22.2. The molecule has 0 atom stereocenters. The van der Waals surface area contributed by atoms with E-state index in [1.54, 1.807) is 26.3 Å². The average molecular weight is 473 g/mol. The van der Waals surface area contributed by atoms with Crippen LogP contribution in [0.4, 0.5) is 4.39 Å². The van der Waals surface area contributed by atoms with Crippen LogP contribution in [0.5, 0.6) is 5.75 Å². The van der Waals surface area contributed by atoms with E-state index in [1.807, 2.05) is 30.3 Å². The van der Waals surface area contributed by atoms with E-state index in [2.05, 4.69) is 15.6 Å². The van der Waals surface area contributed by atoms with E-state index in [0.29, 0.717) is 37.8 Å². The number of guanidine groups is 1. The second kappa shape index (κ2) is 12.5. The molecule has 2 N–H and O–H groups in total. The number of nitrogens with zero attached hydrogens (tertiary/aromatic N) is 1. The molecule has 2 aromatic rings. The molecule has 26 heavy (non-hydrogen) atoms. The minimum atomic E-state index is -0.227. The fourth-order valence-electron chi connectivity index (χ4n) is 2.17. The molecule has 142 valence electrons. The number of hydrogen-bond acceptors (Lipinski definition) is 3. The molecule has 0 bridgehead atoms. The Morgan fingerprint density at radius 3 is 2.35 bits per heavy atom. The van der Waals surface area contributed by atoms with Crippen molar-refractivity contribution < 1.29 is 13.9 Å². The number of rotatable bonds is 8. The molecule has 0 amide bonds. The Hall–Kier alpha value is -1.87. The van der Waals surface area contributed by atoms with Gasteiger partial charge in [-0.05, 0) is 23.8 Å². The highest BCUT2D eigenvalue weighted by Gasteiger charge is 2.03. The highest BCUT2D eigenvalue weighted by Crippen LogP contribution is 2.12. The van der Waals surface area contributed by atoms with Crippen LogP contribution in [-0.2, 0) is 17.8 Å². The van der Waals surface area contributed by atoms with Crippen LogP contribution in [0.15, 0.2) is 53.5 Å². The third-order valence-electron chi connectivity index (χ3n) is 3.57. The monoisotopic (exact) mass is 473 g/mol. The van der Waals surface area contributed by atoms with E-state index in [1.165, 1.54) is 6.07 Å². The van der Waals surface area contributed by atoms with Gasteiger partial charge >= 0.3 is 0 Å². The standard InChI is InChI=1S/C19H24FN3O2.HI/c1-21-19(23-14-16-5-3-4-6-18(16)20)22-13-15-7-9-17(10-8-15)25-12-11-24-2;/h3-10H,11-14H2,1-2H3,(H2,21,22,23);1H. The Balaban J connectivity index is 0.00000338. The predicted molar refractivity (Wildman–Crippen MR) is 113 cm³/mol. The topological polar surface area (TPSA) is 54.9 Å². The summed E-state index contributed by atoms with van der Waals surface area (Å²) in [4.78, 5) is 4.15. The molecule has 0 radical (unpaired) electrons. The van der Waals surface area contributed by atoms with Crippen molar-refractivity contribution in [2.45, 2.75) is 13.1 Å². The Bertz CT molecular complexity index is 681. The van der Waals surface area contributed by atoms with Crippen molar-refractivity contribution in [2.75, 3.05) is 27.4 Å². The van der Waals surface area contributed by atoms with Crippen LogP contribution < -0.4 is 15.4 Å². The second-order valence-corrected chi connectivity index (χ2v) is 5.36. The number of nitrogens with one attached hydrogen (secondary N) is 2. The summed E-state index contributed by atoms with van der Waals surface area (Å²) in [7, 11) is 3.33. The average Bonchev–Trinajstić information content (AvgIpc) is 2.64. The molecule has 5 nitrogen and oxygen atoms in total. The third-order valence-corrected chi connectivity index (χ3v) is 3.57. The first-order chi connectivity index (χ1) is 12.2. The van der Waals surface area contributed by atoms with Crippen molar-refractivity contribution in [3.05, 3.63) is 65.5 Å². The number of halogens is 2. The molecule has 0 saturated heterocycles. The lowest BCUT2D eigenvalue weighted by atomic mass is 10.2. The fourth-order valence-corrected chi connectivity index (χ4v) is 2.17. The molecule has 0 aromatic heterocycles. The van der Waals surface area contributed by atoms with E-state index in [-0.39, 0.29) is 29.8 Å². The van der Waals surface area contributed by atoms with Gasteiger partial charge in [-0.3, -0.25) is 4.99 Å². The molecule has 0 aliphatic rings. The highest BCUT2D eigenvalue weighted by molar-refractivity contribution is 14.0. The van der Waals surface area contributed by atoms with Gasteiger partial charge in [0.05, 0.1) is 6.61 Å². The summed E-state index contributed by atoms with van der Waals surface area (Å²) in [5.41, 5.74) is 1.69. The maximum atomic E-state index is 13.6. The van der Waals surface area contributed by atoms with Crippen LogP contribution in [0.3, 0.4) is 0 Å². The van der Waals surface area contributed by atoms with Crippen LogP contribution in [0.2, 0.25) is 0 Å². The lowest BCUT2D eigenvalue weighted by Crippen LogP contribution is -2.36. The Morgan fingerprint density at radius 2 is 1.69 bits per heavy atom. The van der Waals surface area contributed by atoms with Gasteiger partial charge in [0.2, 0.25) is 0 Å². The number of hydrogen-bond donors (Lipinski definition) is 2. The van der Waals surface area contributed by atoms with Crippen molar-refractivity contribution >= 4 is 29.9 Å². The predicted octanol–water partition coefficient (Wildman–Crippen LogP) is 3.33. The number of benzene rings is 2. The Morgan fingerprint density at radius 1 is 1.00 bits per heavy atom. The summed E-state index contributed by atoms with van der Waals surface area (Å²) in [6, 6.07) is 14.5. The second-order valence-electron chi connectivity index (χ2n) is 5.36. The number of methoxy groups -OCH3 is 1. The summed E-state index contributed by atoms with van der Waals surface area (Å²) >= 11 is 0. The van der Waals surface area contributed by atoms with Crippen LogP contribution in [0.25, 0.3) is 0 Å². The van der Waals surface area contributed by atoms with E-state index in [9.17, 15) is 4.39 Å². The molecule has 7 heteroatoms. The van der Waals surface area contributed by atoms with Gasteiger partial charge in [0.15, 0.2) is 5.96 Å². The zero-order valence-electron chi connectivity index (χ0n) is 15.0. The summed E-state index contributed by atoms with van der Waals surface area (Å²) < 4.78 is 24.1. The third kappa shape index (κ3) is 7.57. The summed E-state index contributed by atoms with van der Waals surface area (Å²) in [6.07, 6.45) is 0. The molecular weight excluding hydrogens is 448 g/mol. The van der Waals surface area contributed by atoms with Gasteiger partial charge in [0.25, 0.3) is 0 Å². The van der Waals surface area contributed by atoms with Gasteiger partial charge in [0, 0.05) is 32.8 Å². The number of ether oxygens (including phenoxy) is 2. The van der Waals surface area contributed by atoms with E-state index in [0.717, 1.165) is 11.3 Å². The molecule has 0 spiro atoms. The largest absolute Gasteiger partial charge is 0.491 e. The van der Waals surface area contributed by atoms with Crippen LogP contribution >= 0.6 is 24.0 Å². The van der Waals surface area contributed by atoms with Gasteiger partial charge in [-0.1, -0.05) is 30.3 Å². The van der Waals surface area contributed by atoms with Gasteiger partial charge in [-0.25, -0.2) is 4.39 Å². The summed E-state index contributed by atoms with van der Waals surface area (Å²) in [5, 5.41) is 6.31. The van der Waals surface area contributed by atoms with Gasteiger partial charge < -0.3 is 20.1 Å². The van der Waals surface area contributed by atoms with Crippen molar-refractivity contribution in [1.82, 2.24) is 10.6 Å². The van der Waals surface area contributed by atoms with Crippen LogP contribution in [-0.4, -0.2) is 33.3 Å². The molecule has 2 aromatic carbocycles. The first-order valence-electron chi connectivity index (χ1n) is 8.11. The van der Waals surface area contributed by atoms with Crippen LogP contribution in [0, 0.1) is 5.82 Å². The molecule has 0 fully saturated rings. The lowest BCUT2D eigenvalue weighted by Gasteiger charge is -2.13. The van der Waals surface area contributed by atoms with Crippen LogP contribution in [0.1, 0.15) is 11.1 Å². The maximum Gasteiger partial charge on any atom is 0.191 e. The van der Waals surface area contributed by atoms with Crippen molar-refractivity contribution in [3.8, 4) is 5.75 Å². The van der Waals surface area contributed by atoms with E-state index < -0.39 is 0 Å². The van der Waals surface area contributed by atoms with Crippen molar-refractivity contribution in [1.29, 1.82) is 0 Å². The normalized spacial score (nSPS) is 10.8. The molecule has 0 aliphatic carbocycles. The zero-order chi connectivity index (χ0) is 17.9. The van der Waals surface area contributed by atoms with Crippen molar-refractivity contribution in [2.24, 2.45) is 4.99 Å². The minimum Gasteiger partial charge on any atom is -0.491 e. The summed E-state index contributed by atoms with van der Waals surface area (Å²) in [5.74, 6) is 1.20. The Labute approximate surface area is 171 Å². The van der Waals surface area contributed by atoms with Crippen molar-refractivity contribution in [3.63, 3.8) is 0 Å². The van der Waals surface area contributed by atoms with Gasteiger partial charge in [-0.2, -0.15) is 0 Å². The maximum absolute atomic E-state index is 13.6. The molecule has 0 saturated carbocycles. The zero-order valence-corrected chi connectivity index (χ0v) is 17.3. The molecule has 2 rings (SSSR count). The van der Waals surface area contributed by atoms with E-state index in [4.69, 9.17) is 9.47 Å². The molecule has 0 unspecified atom stereocenters. The Kier molecular flexibility index (Phi) is 10.6. The molecular formula is C19H25FIN3O2. The SMILES string of the molecule is CN=C(NCc1ccc(OCCOC)cc1)NCc1ccccc1F.I. The highest BCUT2D eigenvalue weighted by atomic mass is 127. The smallest absolute Gasteiger partial charge is 0.191 e. The fraction of sp³-hybridized carbons (Fsp3) is 0.316. The van der Waals surface area contributed by atoms with Gasteiger partial charge in [0.1, 0.15) is 18.2 Å². The van der Waals surface area contributed by atoms with Gasteiger partial charge in [-0.15, -0.1) is 24.0 Å². The van der Waals surface area contributed by atoms with E-state index >= 15 is 0 Å². The lowest BCUT2D eigenvalue weighted by molar-refractivity contribution is 0.146. The molecule has 0 heterocycles. The quantitative estimate of drug-likeness (QED) is 0.267. The molecule has 0 aliphatic heterocycles. The first-order valence-corrected chi connectivity index (χ1v) is 8.11. The number of aliphatic imine (C=N–C) groups is 1. The minimum absolute atomic E-state index is 0.